The molecular formula is C10H14ClNO. The van der Waals surface area contributed by atoms with Crippen LogP contribution in [0.5, 0.6) is 5.88 Å². The Morgan fingerprint density at radius 1 is 1.62 bits per heavy atom. The molecule has 0 fully saturated rings. The van der Waals surface area contributed by atoms with E-state index >= 15 is 0 Å². The molecule has 0 radical (unpaired) electrons. The number of nitrogens with zero attached hydrogens (tertiary/aromatic N) is 1. The van der Waals surface area contributed by atoms with Crippen LogP contribution in [0.1, 0.15) is 20.3 Å². The molecule has 0 aliphatic heterocycles. The number of hydrogen-bond donors (Lipinski definition) is 0. The summed E-state index contributed by atoms with van der Waals surface area (Å²) in [6.45, 7) is 4.98. The van der Waals surface area contributed by atoms with E-state index < -0.39 is 0 Å². The Balaban J connectivity index is 2.45. The highest BCUT2D eigenvalue weighted by Crippen LogP contribution is 2.14. The first kappa shape index (κ1) is 10.3. The van der Waals surface area contributed by atoms with Crippen molar-refractivity contribution < 1.29 is 4.74 Å². The zero-order chi connectivity index (χ0) is 9.68. The van der Waals surface area contributed by atoms with E-state index in [-0.39, 0.29) is 0 Å². The minimum absolute atomic E-state index is 0.556. The van der Waals surface area contributed by atoms with E-state index in [4.69, 9.17) is 16.3 Å². The number of halogens is 1. The molecule has 1 atom stereocenters. The Bertz CT molecular complexity index is 265. The highest BCUT2D eigenvalue weighted by molar-refractivity contribution is 6.30. The van der Waals surface area contributed by atoms with Gasteiger partial charge in [-0.15, -0.1) is 0 Å². The molecule has 0 spiro atoms. The summed E-state index contributed by atoms with van der Waals surface area (Å²) in [5, 5.41) is 0.661. The third-order valence-corrected chi connectivity index (χ3v) is 2.14. The van der Waals surface area contributed by atoms with Crippen molar-refractivity contribution in [1.82, 2.24) is 4.98 Å². The fourth-order valence-corrected chi connectivity index (χ4v) is 0.959. The number of rotatable bonds is 4. The van der Waals surface area contributed by atoms with Crippen LogP contribution in [-0.4, -0.2) is 11.6 Å². The van der Waals surface area contributed by atoms with E-state index in [0.717, 1.165) is 6.42 Å². The molecule has 1 rings (SSSR count). The van der Waals surface area contributed by atoms with Crippen molar-refractivity contribution in [3.05, 3.63) is 23.4 Å². The zero-order valence-corrected chi connectivity index (χ0v) is 8.71. The predicted molar refractivity (Wildman–Crippen MR) is 54.2 cm³/mol. The first-order valence-corrected chi connectivity index (χ1v) is 4.84. The lowest BCUT2D eigenvalue weighted by atomic mass is 10.1. The van der Waals surface area contributed by atoms with E-state index in [9.17, 15) is 0 Å². The van der Waals surface area contributed by atoms with Crippen LogP contribution in [0.4, 0.5) is 0 Å². The molecule has 1 aromatic heterocycles. The lowest BCUT2D eigenvalue weighted by molar-refractivity contribution is 0.248. The number of hydrogen-bond acceptors (Lipinski definition) is 2. The predicted octanol–water partition coefficient (Wildman–Crippen LogP) is 3.16. The highest BCUT2D eigenvalue weighted by Gasteiger charge is 2.01. The first-order valence-electron chi connectivity index (χ1n) is 4.46. The van der Waals surface area contributed by atoms with E-state index in [1.165, 1.54) is 0 Å². The molecule has 72 valence electrons. The minimum Gasteiger partial charge on any atom is -0.477 e. The number of pyridine rings is 1. The molecule has 0 N–H and O–H groups in total. The van der Waals surface area contributed by atoms with Gasteiger partial charge in [0.25, 0.3) is 0 Å². The Morgan fingerprint density at radius 3 is 3.00 bits per heavy atom. The fraction of sp³-hybridized carbons (Fsp3) is 0.500. The first-order chi connectivity index (χ1) is 6.22. The summed E-state index contributed by atoms with van der Waals surface area (Å²) in [6, 6.07) is 3.46. The third kappa shape index (κ3) is 3.64. The summed E-state index contributed by atoms with van der Waals surface area (Å²) in [5.41, 5.74) is 0. The molecule has 2 nitrogen and oxygen atoms in total. The molecule has 1 aromatic rings. The average molecular weight is 200 g/mol. The van der Waals surface area contributed by atoms with Crippen molar-refractivity contribution >= 4 is 11.6 Å². The summed E-state index contributed by atoms with van der Waals surface area (Å²) in [7, 11) is 0. The van der Waals surface area contributed by atoms with Crippen LogP contribution in [-0.2, 0) is 0 Å². The van der Waals surface area contributed by atoms with E-state index in [2.05, 4.69) is 18.8 Å². The maximum absolute atomic E-state index is 5.77. The molecule has 0 unspecified atom stereocenters. The third-order valence-electron chi connectivity index (χ3n) is 1.91. The van der Waals surface area contributed by atoms with Gasteiger partial charge >= 0.3 is 0 Å². The van der Waals surface area contributed by atoms with Crippen molar-refractivity contribution in [3.8, 4) is 5.88 Å². The van der Waals surface area contributed by atoms with Crippen LogP contribution in [0.2, 0.25) is 5.02 Å². The van der Waals surface area contributed by atoms with Gasteiger partial charge in [-0.1, -0.05) is 31.9 Å². The summed E-state index contributed by atoms with van der Waals surface area (Å²) < 4.78 is 5.44. The molecule has 0 saturated carbocycles. The Labute approximate surface area is 83.9 Å². The largest absolute Gasteiger partial charge is 0.477 e. The van der Waals surface area contributed by atoms with Crippen LogP contribution in [0, 0.1) is 5.92 Å². The lowest BCUT2D eigenvalue weighted by Crippen LogP contribution is -2.07. The van der Waals surface area contributed by atoms with Crippen molar-refractivity contribution in [2.24, 2.45) is 5.92 Å². The minimum atomic E-state index is 0.556. The van der Waals surface area contributed by atoms with Gasteiger partial charge in [0, 0.05) is 17.3 Å². The molecule has 13 heavy (non-hydrogen) atoms. The summed E-state index contributed by atoms with van der Waals surface area (Å²) >= 11 is 5.77. The number of aromatic nitrogens is 1. The SMILES string of the molecule is CC[C@@H](C)COc1cc(Cl)ccn1. The molecular weight excluding hydrogens is 186 g/mol. The zero-order valence-electron chi connectivity index (χ0n) is 7.96. The Morgan fingerprint density at radius 2 is 2.38 bits per heavy atom. The van der Waals surface area contributed by atoms with Crippen molar-refractivity contribution in [2.75, 3.05) is 6.61 Å². The fourth-order valence-electron chi connectivity index (χ4n) is 0.810. The van der Waals surface area contributed by atoms with Crippen molar-refractivity contribution in [1.29, 1.82) is 0 Å². The average Bonchev–Trinajstić information content (AvgIpc) is 2.14. The van der Waals surface area contributed by atoms with Gasteiger partial charge in [-0.05, 0) is 12.0 Å². The standard InChI is InChI=1S/C10H14ClNO/c1-3-8(2)7-13-10-6-9(11)4-5-12-10/h4-6,8H,3,7H2,1-2H3/t8-/m1/s1. The summed E-state index contributed by atoms with van der Waals surface area (Å²) in [5.74, 6) is 1.16. The molecule has 1 heterocycles. The normalized spacial score (nSPS) is 12.5. The van der Waals surface area contributed by atoms with Crippen LogP contribution in [0.15, 0.2) is 18.3 Å². The van der Waals surface area contributed by atoms with Crippen molar-refractivity contribution in [3.63, 3.8) is 0 Å². The molecule has 0 saturated heterocycles. The quantitative estimate of drug-likeness (QED) is 0.743. The second-order valence-electron chi connectivity index (χ2n) is 3.14. The smallest absolute Gasteiger partial charge is 0.214 e. The highest BCUT2D eigenvalue weighted by atomic mass is 35.5. The molecule has 0 amide bonds. The van der Waals surface area contributed by atoms with E-state index in [1.54, 1.807) is 18.3 Å². The summed E-state index contributed by atoms with van der Waals surface area (Å²) in [4.78, 5) is 4.04. The maximum atomic E-state index is 5.77. The monoisotopic (exact) mass is 199 g/mol. The van der Waals surface area contributed by atoms with Gasteiger partial charge in [-0.25, -0.2) is 4.98 Å². The van der Waals surface area contributed by atoms with Gasteiger partial charge < -0.3 is 4.74 Å². The van der Waals surface area contributed by atoms with E-state index in [0.29, 0.717) is 23.4 Å². The lowest BCUT2D eigenvalue weighted by Gasteiger charge is -2.09. The van der Waals surface area contributed by atoms with Gasteiger partial charge in [0.1, 0.15) is 0 Å². The topological polar surface area (TPSA) is 22.1 Å². The number of ether oxygens (including phenoxy) is 1. The van der Waals surface area contributed by atoms with Crippen LogP contribution in [0.3, 0.4) is 0 Å². The van der Waals surface area contributed by atoms with Crippen LogP contribution >= 0.6 is 11.6 Å². The molecule has 0 aliphatic rings. The Kier molecular flexibility index (Phi) is 4.03. The van der Waals surface area contributed by atoms with Crippen molar-refractivity contribution in [2.45, 2.75) is 20.3 Å². The summed E-state index contributed by atoms with van der Waals surface area (Å²) in [6.07, 6.45) is 2.76. The van der Waals surface area contributed by atoms with Crippen LogP contribution in [0.25, 0.3) is 0 Å². The molecule has 0 bridgehead atoms. The van der Waals surface area contributed by atoms with E-state index in [1.807, 2.05) is 0 Å². The Hall–Kier alpha value is -0.760. The van der Waals surface area contributed by atoms with Gasteiger partial charge in [-0.2, -0.15) is 0 Å². The van der Waals surface area contributed by atoms with Gasteiger partial charge in [0.15, 0.2) is 0 Å². The van der Waals surface area contributed by atoms with Gasteiger partial charge in [0.2, 0.25) is 5.88 Å². The molecule has 0 aliphatic carbocycles. The van der Waals surface area contributed by atoms with Crippen LogP contribution < -0.4 is 4.74 Å². The van der Waals surface area contributed by atoms with Gasteiger partial charge in [0.05, 0.1) is 6.61 Å². The molecule has 3 heteroatoms. The second kappa shape index (κ2) is 5.07. The molecule has 0 aromatic carbocycles. The second-order valence-corrected chi connectivity index (χ2v) is 3.57. The maximum Gasteiger partial charge on any atom is 0.214 e. The van der Waals surface area contributed by atoms with Gasteiger partial charge in [-0.3, -0.25) is 0 Å².